The van der Waals surface area contributed by atoms with Crippen LogP contribution in [0.15, 0.2) is 47.2 Å². The number of rotatable bonds is 1. The van der Waals surface area contributed by atoms with Gasteiger partial charge in [0, 0.05) is 42.8 Å². The summed E-state index contributed by atoms with van der Waals surface area (Å²) in [6, 6.07) is 9.41. The molecule has 2 fully saturated rings. The van der Waals surface area contributed by atoms with Crippen LogP contribution in [-0.2, 0) is 10.2 Å². The normalized spacial score (nSPS) is 40.8. The lowest BCUT2D eigenvalue weighted by atomic mass is 9.61. The average molecular weight is 321 g/mol. The minimum atomic E-state index is 0.0477. The lowest BCUT2D eigenvalue weighted by Gasteiger charge is -2.52. The van der Waals surface area contributed by atoms with Crippen LogP contribution in [0.1, 0.15) is 25.3 Å². The fourth-order valence-corrected chi connectivity index (χ4v) is 6.49. The average Bonchev–Trinajstić information content (AvgIpc) is 3.07. The summed E-state index contributed by atoms with van der Waals surface area (Å²) in [5.41, 5.74) is 6.62. The predicted octanol–water partition coefficient (Wildman–Crippen LogP) is 3.03. The maximum Gasteiger partial charge on any atom is 0.148 e. The number of nitrogens with zero attached hydrogens (tertiary/aromatic N) is 2. The monoisotopic (exact) mass is 321 g/mol. The van der Waals surface area contributed by atoms with Crippen molar-refractivity contribution in [1.29, 1.82) is 0 Å². The Labute approximate surface area is 143 Å². The van der Waals surface area contributed by atoms with Crippen LogP contribution in [0.2, 0.25) is 0 Å². The third-order valence-electron chi connectivity index (χ3n) is 7.44. The first-order chi connectivity index (χ1) is 11.6. The van der Waals surface area contributed by atoms with Gasteiger partial charge in [0.05, 0.1) is 19.0 Å². The molecule has 1 spiro atoms. The molecule has 5 rings (SSSR count). The quantitative estimate of drug-likeness (QED) is 0.450. The van der Waals surface area contributed by atoms with Crippen molar-refractivity contribution in [2.24, 2.45) is 5.92 Å². The zero-order chi connectivity index (χ0) is 16.7. The van der Waals surface area contributed by atoms with Crippen molar-refractivity contribution in [2.75, 3.05) is 32.1 Å². The smallest absolute Gasteiger partial charge is 0.148 e. The molecule has 4 atom stereocenters. The molecule has 3 heteroatoms. The highest BCUT2D eigenvalue weighted by molar-refractivity contribution is 5.85. The first-order valence-electron chi connectivity index (χ1n) is 9.09. The molecule has 0 radical (unpaired) electrons. The van der Waals surface area contributed by atoms with E-state index >= 15 is 0 Å². The number of carbonyl (C=O) groups excluding carboxylic acids is 1. The molecule has 2 saturated heterocycles. The van der Waals surface area contributed by atoms with Gasteiger partial charge in [0.25, 0.3) is 0 Å². The van der Waals surface area contributed by atoms with Gasteiger partial charge in [0.1, 0.15) is 18.9 Å². The molecule has 0 N–H and O–H groups in total. The minimum Gasteiger partial charge on any atom is -0.346 e. The van der Waals surface area contributed by atoms with E-state index in [4.69, 9.17) is 0 Å². The SMILES string of the molecule is C/C=C1\C[N@@+]2(C)CC[C@]34C(=C(C=O)[C@H]1C[C@@H]32)N(C)c1ccccc14. The molecule has 4 aliphatic rings. The van der Waals surface area contributed by atoms with E-state index in [0.29, 0.717) is 12.0 Å². The van der Waals surface area contributed by atoms with Gasteiger partial charge in [-0.25, -0.2) is 0 Å². The summed E-state index contributed by atoms with van der Waals surface area (Å²) in [5.74, 6) is 0.321. The van der Waals surface area contributed by atoms with Crippen LogP contribution >= 0.6 is 0 Å². The number of para-hydroxylation sites is 1. The Morgan fingerprint density at radius 2 is 2.12 bits per heavy atom. The first kappa shape index (κ1) is 14.5. The summed E-state index contributed by atoms with van der Waals surface area (Å²) in [4.78, 5) is 14.5. The van der Waals surface area contributed by atoms with Crippen molar-refractivity contribution in [2.45, 2.75) is 31.2 Å². The third kappa shape index (κ3) is 1.38. The first-order valence-corrected chi connectivity index (χ1v) is 9.09. The Balaban J connectivity index is 1.88. The zero-order valence-corrected chi connectivity index (χ0v) is 14.7. The molecule has 2 bridgehead atoms. The number of allylic oxidation sites excluding steroid dienone is 2. The Hall–Kier alpha value is -1.87. The minimum absolute atomic E-state index is 0.0477. The molecular weight excluding hydrogens is 296 g/mol. The summed E-state index contributed by atoms with van der Waals surface area (Å²) in [7, 11) is 4.59. The second-order valence-corrected chi connectivity index (χ2v) is 8.25. The largest absolute Gasteiger partial charge is 0.346 e. The van der Waals surface area contributed by atoms with Crippen LogP contribution < -0.4 is 4.90 Å². The Kier molecular flexibility index (Phi) is 2.65. The van der Waals surface area contributed by atoms with E-state index in [9.17, 15) is 4.79 Å². The van der Waals surface area contributed by atoms with Crippen LogP contribution in [0.3, 0.4) is 0 Å². The fourth-order valence-electron chi connectivity index (χ4n) is 6.49. The van der Waals surface area contributed by atoms with Gasteiger partial charge in [0.15, 0.2) is 0 Å². The van der Waals surface area contributed by atoms with Gasteiger partial charge in [-0.15, -0.1) is 0 Å². The van der Waals surface area contributed by atoms with Crippen LogP contribution in [0.25, 0.3) is 0 Å². The highest BCUT2D eigenvalue weighted by Crippen LogP contribution is 2.64. The molecule has 0 aromatic heterocycles. The van der Waals surface area contributed by atoms with Crippen LogP contribution in [0.4, 0.5) is 5.69 Å². The van der Waals surface area contributed by atoms with Crippen molar-refractivity contribution >= 4 is 12.0 Å². The number of benzene rings is 1. The van der Waals surface area contributed by atoms with E-state index in [-0.39, 0.29) is 5.41 Å². The zero-order valence-electron chi connectivity index (χ0n) is 14.7. The lowest BCUT2D eigenvalue weighted by Crippen LogP contribution is -2.61. The molecule has 3 heterocycles. The van der Waals surface area contributed by atoms with Gasteiger partial charge < -0.3 is 9.38 Å². The van der Waals surface area contributed by atoms with Gasteiger partial charge >= 0.3 is 0 Å². The number of piperidine rings is 1. The van der Waals surface area contributed by atoms with E-state index in [1.165, 1.54) is 29.1 Å². The van der Waals surface area contributed by atoms with Gasteiger partial charge in [-0.1, -0.05) is 24.3 Å². The standard InChI is InChI=1S/C21H25N2O/c1-4-14-12-23(3)10-9-21-17-7-5-6-8-18(17)22(2)20(21)16(13-24)15(14)11-19(21)23/h4-8,13,15,19H,9-12H2,1-3H3/q+1/b14-4+/t15-,19-,21+,23+/m0/s1. The van der Waals surface area contributed by atoms with Crippen LogP contribution in [-0.4, -0.2) is 44.0 Å². The van der Waals surface area contributed by atoms with Crippen molar-refractivity contribution in [3.8, 4) is 0 Å². The number of anilines is 1. The van der Waals surface area contributed by atoms with Gasteiger partial charge in [-0.2, -0.15) is 0 Å². The molecule has 24 heavy (non-hydrogen) atoms. The number of carbonyl (C=O) groups is 1. The lowest BCUT2D eigenvalue weighted by molar-refractivity contribution is -0.923. The maximum absolute atomic E-state index is 12.2. The molecule has 0 saturated carbocycles. The van der Waals surface area contributed by atoms with Crippen molar-refractivity contribution in [1.82, 2.24) is 0 Å². The Morgan fingerprint density at radius 3 is 2.88 bits per heavy atom. The van der Waals surface area contributed by atoms with E-state index in [1.54, 1.807) is 0 Å². The fraction of sp³-hybridized carbons (Fsp3) is 0.476. The predicted molar refractivity (Wildman–Crippen MR) is 95.8 cm³/mol. The van der Waals surface area contributed by atoms with Crippen molar-refractivity contribution in [3.63, 3.8) is 0 Å². The van der Waals surface area contributed by atoms with Crippen molar-refractivity contribution in [3.05, 3.63) is 52.7 Å². The molecule has 0 amide bonds. The molecule has 1 aromatic rings. The number of fused-ring (bicyclic) bond motifs is 2. The topological polar surface area (TPSA) is 20.3 Å². The van der Waals surface area contributed by atoms with Crippen LogP contribution in [0, 0.1) is 5.92 Å². The summed E-state index contributed by atoms with van der Waals surface area (Å²) < 4.78 is 1.13. The Bertz CT molecular complexity index is 823. The highest BCUT2D eigenvalue weighted by Gasteiger charge is 2.68. The van der Waals surface area contributed by atoms with Gasteiger partial charge in [0.2, 0.25) is 0 Å². The van der Waals surface area contributed by atoms with Gasteiger partial charge in [-0.3, -0.25) is 4.79 Å². The second kappa shape index (κ2) is 4.40. The summed E-state index contributed by atoms with van der Waals surface area (Å²) in [6.07, 6.45) is 5.71. The number of aldehydes is 1. The molecule has 3 aliphatic heterocycles. The molecule has 3 nitrogen and oxygen atoms in total. The summed E-state index contributed by atoms with van der Waals surface area (Å²) in [6.45, 7) is 4.44. The molecule has 1 aliphatic carbocycles. The second-order valence-electron chi connectivity index (χ2n) is 8.25. The molecular formula is C21H25N2O+. The number of likely N-dealkylation sites (N-methyl/N-ethyl adjacent to an activating group) is 2. The van der Waals surface area contributed by atoms with Crippen molar-refractivity contribution < 1.29 is 9.28 Å². The van der Waals surface area contributed by atoms with E-state index < -0.39 is 0 Å². The number of hydrogen-bond acceptors (Lipinski definition) is 2. The van der Waals surface area contributed by atoms with E-state index in [0.717, 1.165) is 35.7 Å². The molecule has 0 unspecified atom stereocenters. The van der Waals surface area contributed by atoms with E-state index in [1.807, 2.05) is 0 Å². The molecule has 1 aromatic carbocycles. The Morgan fingerprint density at radius 1 is 1.33 bits per heavy atom. The highest BCUT2D eigenvalue weighted by atomic mass is 16.1. The number of hydrogen-bond donors (Lipinski definition) is 0. The maximum atomic E-state index is 12.2. The van der Waals surface area contributed by atoms with Crippen LogP contribution in [0.5, 0.6) is 0 Å². The summed E-state index contributed by atoms with van der Waals surface area (Å²) >= 11 is 0. The summed E-state index contributed by atoms with van der Waals surface area (Å²) in [5, 5.41) is 0. The van der Waals surface area contributed by atoms with E-state index in [2.05, 4.69) is 56.3 Å². The third-order valence-corrected chi connectivity index (χ3v) is 7.44. The van der Waals surface area contributed by atoms with Gasteiger partial charge in [-0.05, 0) is 24.1 Å². The molecule has 124 valence electrons. The number of quaternary nitrogens is 1.